The van der Waals surface area contributed by atoms with Gasteiger partial charge in [0.2, 0.25) is 0 Å². The molecule has 5 heteroatoms. The minimum Gasteiger partial charge on any atom is -0.380 e. The van der Waals surface area contributed by atoms with Crippen molar-refractivity contribution in [2.45, 2.75) is 0 Å². The summed E-state index contributed by atoms with van der Waals surface area (Å²) < 4.78 is 0.914. The Kier molecular flexibility index (Phi) is 1.80. The molecule has 0 fully saturated rings. The van der Waals surface area contributed by atoms with Crippen LogP contribution in [-0.4, -0.2) is 23.3 Å². The van der Waals surface area contributed by atoms with E-state index >= 15 is 0 Å². The number of nitrogens with zero attached hydrogens (tertiary/aromatic N) is 2. The van der Waals surface area contributed by atoms with Crippen LogP contribution in [0.4, 0.5) is 11.5 Å². The minimum absolute atomic E-state index is 0.858. The Labute approximate surface area is 77.9 Å². The van der Waals surface area contributed by atoms with Gasteiger partial charge in [0.05, 0.1) is 5.69 Å². The highest BCUT2D eigenvalue weighted by Gasteiger charge is 2.08. The average molecular weight is 262 g/mol. The van der Waals surface area contributed by atoms with Gasteiger partial charge in [0.1, 0.15) is 3.70 Å². The molecule has 0 unspecified atom stereocenters. The Morgan fingerprint density at radius 2 is 2.09 bits per heavy atom. The highest BCUT2D eigenvalue weighted by molar-refractivity contribution is 14.1. The molecule has 1 aromatic heterocycles. The molecule has 0 amide bonds. The molecular weight excluding hydrogens is 255 g/mol. The SMILES string of the molecule is Ic1cc2c(nn1)NCCN2. The standard InChI is InChI=1S/C6H7IN4/c7-5-3-4-6(11-10-5)9-2-1-8-4/h3,8H,1-2H2,(H,9,11). The van der Waals surface area contributed by atoms with Gasteiger partial charge in [-0.15, -0.1) is 10.2 Å². The third-order valence-corrected chi connectivity index (χ3v) is 2.02. The average Bonchev–Trinajstić information content (AvgIpc) is 2.04. The molecule has 0 radical (unpaired) electrons. The lowest BCUT2D eigenvalue weighted by atomic mass is 10.3. The molecule has 0 atom stereocenters. The summed E-state index contributed by atoms with van der Waals surface area (Å²) in [5.41, 5.74) is 1.05. The second kappa shape index (κ2) is 2.80. The van der Waals surface area contributed by atoms with Crippen LogP contribution in [0.5, 0.6) is 0 Å². The van der Waals surface area contributed by atoms with E-state index in [0.717, 1.165) is 28.3 Å². The van der Waals surface area contributed by atoms with E-state index in [-0.39, 0.29) is 0 Å². The number of hydrogen-bond donors (Lipinski definition) is 2. The number of nitrogens with one attached hydrogen (secondary N) is 2. The second-order valence-electron chi connectivity index (χ2n) is 2.28. The molecule has 2 heterocycles. The highest BCUT2D eigenvalue weighted by atomic mass is 127. The third-order valence-electron chi connectivity index (χ3n) is 1.50. The molecule has 58 valence electrons. The fourth-order valence-corrected chi connectivity index (χ4v) is 1.43. The highest BCUT2D eigenvalue weighted by Crippen LogP contribution is 2.21. The second-order valence-corrected chi connectivity index (χ2v) is 3.39. The predicted molar refractivity (Wildman–Crippen MR) is 51.7 cm³/mol. The van der Waals surface area contributed by atoms with Crippen molar-refractivity contribution in [1.82, 2.24) is 10.2 Å². The molecule has 0 saturated carbocycles. The quantitative estimate of drug-likeness (QED) is 0.682. The molecule has 2 rings (SSSR count). The molecule has 1 aromatic rings. The van der Waals surface area contributed by atoms with Gasteiger partial charge in [-0.3, -0.25) is 0 Å². The first-order valence-electron chi connectivity index (χ1n) is 3.37. The summed E-state index contributed by atoms with van der Waals surface area (Å²) in [6.45, 7) is 1.87. The van der Waals surface area contributed by atoms with Crippen LogP contribution in [0.2, 0.25) is 0 Å². The molecule has 4 nitrogen and oxygen atoms in total. The largest absolute Gasteiger partial charge is 0.380 e. The summed E-state index contributed by atoms with van der Waals surface area (Å²) in [5, 5.41) is 14.3. The van der Waals surface area contributed by atoms with Crippen LogP contribution < -0.4 is 10.6 Å². The van der Waals surface area contributed by atoms with Gasteiger partial charge in [0.25, 0.3) is 0 Å². The zero-order valence-corrected chi connectivity index (χ0v) is 7.92. The van der Waals surface area contributed by atoms with Crippen LogP contribution in [0.25, 0.3) is 0 Å². The number of aromatic nitrogens is 2. The molecule has 11 heavy (non-hydrogen) atoms. The first kappa shape index (κ1) is 7.08. The lowest BCUT2D eigenvalue weighted by Gasteiger charge is -2.17. The van der Waals surface area contributed by atoms with Gasteiger partial charge in [0.15, 0.2) is 5.82 Å². The zero-order valence-electron chi connectivity index (χ0n) is 5.76. The first-order chi connectivity index (χ1) is 5.36. The summed E-state index contributed by atoms with van der Waals surface area (Å²) in [5.74, 6) is 0.858. The van der Waals surface area contributed by atoms with Gasteiger partial charge >= 0.3 is 0 Å². The Balaban J connectivity index is 2.43. The van der Waals surface area contributed by atoms with E-state index < -0.39 is 0 Å². The van der Waals surface area contributed by atoms with Crippen LogP contribution in [0.1, 0.15) is 0 Å². The molecule has 1 aliphatic heterocycles. The lowest BCUT2D eigenvalue weighted by Crippen LogP contribution is -2.21. The van der Waals surface area contributed by atoms with Gasteiger partial charge in [-0.2, -0.15) is 0 Å². The van der Waals surface area contributed by atoms with Crippen LogP contribution in [0, 0.1) is 3.70 Å². The maximum absolute atomic E-state index is 3.99. The van der Waals surface area contributed by atoms with Crippen molar-refractivity contribution in [2.24, 2.45) is 0 Å². The number of anilines is 2. The zero-order chi connectivity index (χ0) is 7.68. The van der Waals surface area contributed by atoms with Crippen molar-refractivity contribution in [3.05, 3.63) is 9.77 Å². The summed E-state index contributed by atoms with van der Waals surface area (Å²) in [6.07, 6.45) is 0. The van der Waals surface area contributed by atoms with E-state index in [0.29, 0.717) is 0 Å². The molecule has 0 spiro atoms. The number of rotatable bonds is 0. The van der Waals surface area contributed by atoms with E-state index in [1.54, 1.807) is 0 Å². The fourth-order valence-electron chi connectivity index (χ4n) is 1.01. The van der Waals surface area contributed by atoms with E-state index in [4.69, 9.17) is 0 Å². The first-order valence-corrected chi connectivity index (χ1v) is 4.45. The molecule has 0 bridgehead atoms. The Morgan fingerprint density at radius 3 is 3.00 bits per heavy atom. The Hall–Kier alpha value is -0.590. The summed E-state index contributed by atoms with van der Waals surface area (Å²) in [6, 6.07) is 1.98. The number of fused-ring (bicyclic) bond motifs is 1. The maximum Gasteiger partial charge on any atom is 0.172 e. The van der Waals surface area contributed by atoms with Gasteiger partial charge in [-0.05, 0) is 28.7 Å². The van der Waals surface area contributed by atoms with E-state index in [1.807, 2.05) is 6.07 Å². The summed E-state index contributed by atoms with van der Waals surface area (Å²) >= 11 is 2.14. The van der Waals surface area contributed by atoms with Crippen molar-refractivity contribution in [3.63, 3.8) is 0 Å². The Bertz CT molecular complexity index is 275. The molecule has 1 aliphatic rings. The van der Waals surface area contributed by atoms with Crippen molar-refractivity contribution in [2.75, 3.05) is 23.7 Å². The molecule has 2 N–H and O–H groups in total. The van der Waals surface area contributed by atoms with E-state index in [2.05, 4.69) is 43.4 Å². The number of halogens is 1. The molecule has 0 aliphatic carbocycles. The van der Waals surface area contributed by atoms with Gasteiger partial charge in [0, 0.05) is 13.1 Å². The fraction of sp³-hybridized carbons (Fsp3) is 0.333. The lowest BCUT2D eigenvalue weighted by molar-refractivity contribution is 0.943. The van der Waals surface area contributed by atoms with Gasteiger partial charge in [-0.25, -0.2) is 0 Å². The number of hydrogen-bond acceptors (Lipinski definition) is 4. The van der Waals surface area contributed by atoms with Crippen LogP contribution in [-0.2, 0) is 0 Å². The molecular formula is C6H7IN4. The van der Waals surface area contributed by atoms with E-state index in [1.165, 1.54) is 0 Å². The summed E-state index contributed by atoms with van der Waals surface area (Å²) in [7, 11) is 0. The monoisotopic (exact) mass is 262 g/mol. The van der Waals surface area contributed by atoms with Crippen molar-refractivity contribution in [3.8, 4) is 0 Å². The smallest absolute Gasteiger partial charge is 0.172 e. The van der Waals surface area contributed by atoms with Crippen LogP contribution >= 0.6 is 22.6 Å². The van der Waals surface area contributed by atoms with Crippen molar-refractivity contribution >= 4 is 34.1 Å². The Morgan fingerprint density at radius 1 is 1.27 bits per heavy atom. The van der Waals surface area contributed by atoms with Crippen molar-refractivity contribution in [1.29, 1.82) is 0 Å². The minimum atomic E-state index is 0.858. The summed E-state index contributed by atoms with van der Waals surface area (Å²) in [4.78, 5) is 0. The normalized spacial score (nSPS) is 14.6. The third kappa shape index (κ3) is 1.37. The predicted octanol–water partition coefficient (Wildman–Crippen LogP) is 0.919. The van der Waals surface area contributed by atoms with Gasteiger partial charge in [-0.1, -0.05) is 0 Å². The van der Waals surface area contributed by atoms with Crippen LogP contribution in [0.3, 0.4) is 0 Å². The van der Waals surface area contributed by atoms with Crippen molar-refractivity contribution < 1.29 is 0 Å². The van der Waals surface area contributed by atoms with Crippen LogP contribution in [0.15, 0.2) is 6.07 Å². The topological polar surface area (TPSA) is 49.8 Å². The molecule has 0 aromatic carbocycles. The van der Waals surface area contributed by atoms with Gasteiger partial charge < -0.3 is 10.6 Å². The maximum atomic E-state index is 3.99. The van der Waals surface area contributed by atoms with E-state index in [9.17, 15) is 0 Å². The molecule has 0 saturated heterocycles.